The predicted molar refractivity (Wildman–Crippen MR) is 61.4 cm³/mol. The number of hydrogen-bond donors (Lipinski definition) is 0. The molecule has 4 atom stereocenters. The van der Waals surface area contributed by atoms with E-state index >= 15 is 0 Å². The van der Waals surface area contributed by atoms with E-state index in [4.69, 9.17) is 9.47 Å². The second kappa shape index (κ2) is 5.74. The highest BCUT2D eigenvalue weighted by Crippen LogP contribution is 2.38. The minimum atomic E-state index is -0.338. The summed E-state index contributed by atoms with van der Waals surface area (Å²) in [6.45, 7) is 2.28. The number of rotatable bonds is 5. The molecule has 0 spiro atoms. The van der Waals surface area contributed by atoms with Crippen molar-refractivity contribution >= 4 is 12.1 Å². The summed E-state index contributed by atoms with van der Waals surface area (Å²) in [7, 11) is 0. The zero-order valence-electron chi connectivity index (χ0n) is 10.3. The fourth-order valence-electron chi connectivity index (χ4n) is 2.76. The Morgan fingerprint density at radius 3 is 2.94 bits per heavy atom. The molecule has 2 aliphatic rings. The Labute approximate surface area is 102 Å². The van der Waals surface area contributed by atoms with Crippen LogP contribution in [0.2, 0.25) is 0 Å². The summed E-state index contributed by atoms with van der Waals surface area (Å²) in [5.41, 5.74) is 0. The summed E-state index contributed by atoms with van der Waals surface area (Å²) in [5.74, 6) is -0.141. The van der Waals surface area contributed by atoms with Gasteiger partial charge in [0.25, 0.3) is 0 Å². The van der Waals surface area contributed by atoms with Crippen molar-refractivity contribution in [2.24, 2.45) is 11.8 Å². The van der Waals surface area contributed by atoms with Crippen LogP contribution in [0.1, 0.15) is 39.0 Å². The van der Waals surface area contributed by atoms with E-state index < -0.39 is 0 Å². The third-order valence-corrected chi connectivity index (χ3v) is 3.70. The Morgan fingerprint density at radius 1 is 1.41 bits per heavy atom. The van der Waals surface area contributed by atoms with E-state index in [0.717, 1.165) is 32.0 Å². The fourth-order valence-corrected chi connectivity index (χ4v) is 2.76. The molecule has 0 N–H and O–H groups in total. The lowest BCUT2D eigenvalue weighted by atomic mass is 9.84. The lowest BCUT2D eigenvalue weighted by Crippen LogP contribution is -2.34. The van der Waals surface area contributed by atoms with Crippen molar-refractivity contribution in [3.05, 3.63) is 0 Å². The molecule has 2 saturated heterocycles. The number of hydrogen-bond acceptors (Lipinski definition) is 4. The third kappa shape index (κ3) is 2.75. The minimum absolute atomic E-state index is 0.0552. The van der Waals surface area contributed by atoms with E-state index in [-0.39, 0.29) is 36.6 Å². The molecule has 0 radical (unpaired) electrons. The molecule has 0 aromatic carbocycles. The minimum Gasteiger partial charge on any atom is -0.348 e. The second-order valence-electron chi connectivity index (χ2n) is 4.97. The van der Waals surface area contributed by atoms with Gasteiger partial charge in [-0.25, -0.2) is 0 Å². The van der Waals surface area contributed by atoms with Gasteiger partial charge in [0, 0.05) is 18.3 Å². The van der Waals surface area contributed by atoms with Crippen LogP contribution in [0.4, 0.5) is 0 Å². The second-order valence-corrected chi connectivity index (χ2v) is 4.97. The molecule has 0 saturated carbocycles. The molecule has 2 fully saturated rings. The van der Waals surface area contributed by atoms with Crippen molar-refractivity contribution in [3.8, 4) is 0 Å². The number of carbonyl (C=O) groups is 2. The monoisotopic (exact) mass is 240 g/mol. The van der Waals surface area contributed by atoms with Crippen molar-refractivity contribution in [3.63, 3.8) is 0 Å². The molecule has 96 valence electrons. The molecule has 0 aliphatic carbocycles. The van der Waals surface area contributed by atoms with Gasteiger partial charge in [-0.15, -0.1) is 0 Å². The van der Waals surface area contributed by atoms with Crippen LogP contribution >= 0.6 is 0 Å². The van der Waals surface area contributed by atoms with Crippen molar-refractivity contribution in [1.29, 1.82) is 0 Å². The van der Waals surface area contributed by atoms with Gasteiger partial charge in [0.2, 0.25) is 0 Å². The maximum absolute atomic E-state index is 11.3. The fraction of sp³-hybridized carbons (Fsp3) is 0.846. The molecular weight excluding hydrogens is 220 g/mol. The lowest BCUT2D eigenvalue weighted by molar-refractivity contribution is -0.176. The molecule has 0 aromatic heterocycles. The van der Waals surface area contributed by atoms with Crippen LogP contribution in [0.15, 0.2) is 0 Å². The highest BCUT2D eigenvalue weighted by molar-refractivity contribution is 5.81. The standard InChI is InChI=1S/C13H20O4/c1-2-3-4-5-12-11(7-14)10-6-9(15)8-16-13(10)17-12/h7,10-13H,2-6,8H2,1H3/t10-,11+,12-,13+/m1/s1. The van der Waals surface area contributed by atoms with Crippen molar-refractivity contribution < 1.29 is 19.1 Å². The molecule has 0 unspecified atom stereocenters. The van der Waals surface area contributed by atoms with E-state index in [0.29, 0.717) is 6.42 Å². The molecular formula is C13H20O4. The number of carbonyl (C=O) groups excluding carboxylic acids is 2. The number of unbranched alkanes of at least 4 members (excludes halogenated alkanes) is 2. The van der Waals surface area contributed by atoms with E-state index in [2.05, 4.69) is 6.92 Å². The number of ketones is 1. The Hall–Kier alpha value is -0.740. The van der Waals surface area contributed by atoms with Gasteiger partial charge >= 0.3 is 0 Å². The van der Waals surface area contributed by atoms with Crippen LogP contribution < -0.4 is 0 Å². The van der Waals surface area contributed by atoms with E-state index in [1.54, 1.807) is 0 Å². The number of Topliss-reactive ketones (excluding diaryl/α,β-unsaturated/α-hetero) is 1. The first-order valence-electron chi connectivity index (χ1n) is 6.50. The molecule has 2 aliphatic heterocycles. The molecule has 17 heavy (non-hydrogen) atoms. The smallest absolute Gasteiger partial charge is 0.162 e. The zero-order valence-corrected chi connectivity index (χ0v) is 10.3. The van der Waals surface area contributed by atoms with Gasteiger partial charge in [-0.3, -0.25) is 4.79 Å². The summed E-state index contributed by atoms with van der Waals surface area (Å²) in [5, 5.41) is 0. The van der Waals surface area contributed by atoms with Crippen molar-refractivity contribution in [1.82, 2.24) is 0 Å². The normalized spacial score (nSPS) is 36.9. The van der Waals surface area contributed by atoms with Gasteiger partial charge in [0.15, 0.2) is 12.1 Å². The van der Waals surface area contributed by atoms with Gasteiger partial charge in [0.1, 0.15) is 12.9 Å². The van der Waals surface area contributed by atoms with Gasteiger partial charge in [0.05, 0.1) is 6.10 Å². The maximum Gasteiger partial charge on any atom is 0.162 e. The molecule has 0 bridgehead atoms. The first-order chi connectivity index (χ1) is 8.26. The highest BCUT2D eigenvalue weighted by Gasteiger charge is 2.47. The average molecular weight is 240 g/mol. The zero-order chi connectivity index (χ0) is 12.3. The van der Waals surface area contributed by atoms with E-state index in [1.807, 2.05) is 0 Å². The number of ether oxygens (including phenoxy) is 2. The van der Waals surface area contributed by atoms with Crippen LogP contribution in [0.3, 0.4) is 0 Å². The van der Waals surface area contributed by atoms with E-state index in [1.165, 1.54) is 0 Å². The molecule has 2 heterocycles. The Bertz CT molecular complexity index is 289. The van der Waals surface area contributed by atoms with Crippen molar-refractivity contribution in [2.45, 2.75) is 51.4 Å². The molecule has 4 heteroatoms. The summed E-state index contributed by atoms with van der Waals surface area (Å²) in [4.78, 5) is 22.5. The summed E-state index contributed by atoms with van der Waals surface area (Å²) < 4.78 is 11.1. The van der Waals surface area contributed by atoms with Gasteiger partial charge in [-0.1, -0.05) is 26.2 Å². The van der Waals surface area contributed by atoms with Gasteiger partial charge < -0.3 is 14.3 Å². The lowest BCUT2D eigenvalue weighted by Gasteiger charge is -2.24. The van der Waals surface area contributed by atoms with Crippen LogP contribution in [-0.4, -0.2) is 31.1 Å². The van der Waals surface area contributed by atoms with Crippen LogP contribution in [0.25, 0.3) is 0 Å². The van der Waals surface area contributed by atoms with Crippen LogP contribution in [0, 0.1) is 11.8 Å². The van der Waals surface area contributed by atoms with Gasteiger partial charge in [-0.2, -0.15) is 0 Å². The van der Waals surface area contributed by atoms with Crippen molar-refractivity contribution in [2.75, 3.05) is 6.61 Å². The predicted octanol–water partition coefficient (Wildman–Crippen LogP) is 1.71. The van der Waals surface area contributed by atoms with Crippen LogP contribution in [-0.2, 0) is 19.1 Å². The van der Waals surface area contributed by atoms with E-state index in [9.17, 15) is 9.59 Å². The van der Waals surface area contributed by atoms with Crippen LogP contribution in [0.5, 0.6) is 0 Å². The SMILES string of the molecule is CCCCC[C@H]1O[C@@H]2OCC(=O)C[C@@H]2[C@@H]1C=O. The number of aldehydes is 1. The summed E-state index contributed by atoms with van der Waals surface area (Å²) in [6, 6.07) is 0. The largest absolute Gasteiger partial charge is 0.348 e. The number of fused-ring (bicyclic) bond motifs is 1. The molecule has 0 aromatic rings. The third-order valence-electron chi connectivity index (χ3n) is 3.70. The molecule has 0 amide bonds. The Kier molecular flexibility index (Phi) is 4.29. The quantitative estimate of drug-likeness (QED) is 0.542. The molecule has 2 rings (SSSR count). The maximum atomic E-state index is 11.3. The summed E-state index contributed by atoms with van der Waals surface area (Å²) in [6.07, 6.45) is 5.25. The average Bonchev–Trinajstić information content (AvgIpc) is 2.66. The Balaban J connectivity index is 1.95. The Morgan fingerprint density at radius 2 is 2.24 bits per heavy atom. The first kappa shape index (κ1) is 12.7. The first-order valence-corrected chi connectivity index (χ1v) is 6.50. The molecule has 4 nitrogen and oxygen atoms in total. The topological polar surface area (TPSA) is 52.6 Å². The highest BCUT2D eigenvalue weighted by atomic mass is 16.7. The summed E-state index contributed by atoms with van der Waals surface area (Å²) >= 11 is 0. The van der Waals surface area contributed by atoms with Gasteiger partial charge in [-0.05, 0) is 6.42 Å².